The second kappa shape index (κ2) is 6.44. The Kier molecular flexibility index (Phi) is 3.96. The highest BCUT2D eigenvalue weighted by Gasteiger charge is 2.17. The van der Waals surface area contributed by atoms with Crippen LogP contribution in [0.5, 0.6) is 5.75 Å². The van der Waals surface area contributed by atoms with Crippen LogP contribution >= 0.6 is 0 Å². The number of ether oxygens (including phenoxy) is 1. The Labute approximate surface area is 149 Å². The van der Waals surface area contributed by atoms with Gasteiger partial charge in [0.05, 0.1) is 18.7 Å². The Hall–Kier alpha value is -3.48. The number of nitrogens with one attached hydrogen (secondary N) is 1. The van der Waals surface area contributed by atoms with Crippen LogP contribution in [-0.4, -0.2) is 32.6 Å². The highest BCUT2D eigenvalue weighted by Crippen LogP contribution is 2.20. The number of hydrogen-bond donors (Lipinski definition) is 1. The molecule has 0 saturated heterocycles. The molecule has 0 saturated carbocycles. The second-order valence-electron chi connectivity index (χ2n) is 5.94. The molecule has 7 nitrogen and oxygen atoms in total. The lowest BCUT2D eigenvalue weighted by Gasteiger charge is -2.12. The first-order valence-electron chi connectivity index (χ1n) is 8.21. The molecule has 1 N–H and O–H groups in total. The number of methoxy groups -OCH3 is 1. The van der Waals surface area contributed by atoms with Gasteiger partial charge in [-0.3, -0.25) is 9.20 Å². The van der Waals surface area contributed by atoms with Crippen LogP contribution in [0.4, 0.5) is 0 Å². The zero-order valence-corrected chi connectivity index (χ0v) is 14.4. The van der Waals surface area contributed by atoms with E-state index in [0.29, 0.717) is 11.5 Å². The quantitative estimate of drug-likeness (QED) is 0.614. The SMILES string of the molecule is COc1ccc2nc(C(=O)N[C@@H](C)c3nnc4ccccn34)ccc2c1. The van der Waals surface area contributed by atoms with Gasteiger partial charge in [-0.2, -0.15) is 0 Å². The molecule has 130 valence electrons. The Balaban J connectivity index is 1.58. The number of nitrogens with zero attached hydrogens (tertiary/aromatic N) is 4. The Bertz CT molecular complexity index is 1110. The molecule has 26 heavy (non-hydrogen) atoms. The van der Waals surface area contributed by atoms with Crippen molar-refractivity contribution in [2.75, 3.05) is 7.11 Å². The van der Waals surface area contributed by atoms with E-state index in [0.717, 1.165) is 22.3 Å². The molecule has 4 rings (SSSR count). The summed E-state index contributed by atoms with van der Waals surface area (Å²) in [7, 11) is 1.62. The van der Waals surface area contributed by atoms with Crippen LogP contribution in [0.1, 0.15) is 29.3 Å². The summed E-state index contributed by atoms with van der Waals surface area (Å²) >= 11 is 0. The first-order valence-corrected chi connectivity index (χ1v) is 8.21. The minimum absolute atomic E-state index is 0.261. The molecule has 7 heteroatoms. The van der Waals surface area contributed by atoms with Gasteiger partial charge >= 0.3 is 0 Å². The molecule has 0 bridgehead atoms. The maximum Gasteiger partial charge on any atom is 0.270 e. The zero-order valence-electron chi connectivity index (χ0n) is 14.4. The lowest BCUT2D eigenvalue weighted by atomic mass is 10.2. The summed E-state index contributed by atoms with van der Waals surface area (Å²) in [5, 5.41) is 12.1. The number of aromatic nitrogens is 4. The molecule has 1 amide bonds. The third-order valence-corrected chi connectivity index (χ3v) is 4.20. The second-order valence-corrected chi connectivity index (χ2v) is 5.94. The van der Waals surface area contributed by atoms with E-state index in [1.54, 1.807) is 13.2 Å². The van der Waals surface area contributed by atoms with Gasteiger partial charge in [-0.15, -0.1) is 10.2 Å². The fourth-order valence-electron chi connectivity index (χ4n) is 2.85. The predicted octanol–water partition coefficient (Wildman–Crippen LogP) is 2.78. The van der Waals surface area contributed by atoms with Gasteiger partial charge < -0.3 is 10.1 Å². The molecule has 0 radical (unpaired) electrons. The lowest BCUT2D eigenvalue weighted by molar-refractivity contribution is 0.0933. The van der Waals surface area contributed by atoms with E-state index in [9.17, 15) is 4.79 Å². The lowest BCUT2D eigenvalue weighted by Crippen LogP contribution is -2.28. The van der Waals surface area contributed by atoms with Crippen LogP contribution in [0.3, 0.4) is 0 Å². The van der Waals surface area contributed by atoms with E-state index >= 15 is 0 Å². The number of carbonyl (C=O) groups is 1. The van der Waals surface area contributed by atoms with Gasteiger partial charge in [-0.1, -0.05) is 12.1 Å². The van der Waals surface area contributed by atoms with Crippen LogP contribution in [0, 0.1) is 0 Å². The van der Waals surface area contributed by atoms with E-state index in [2.05, 4.69) is 20.5 Å². The van der Waals surface area contributed by atoms with Gasteiger partial charge in [0.25, 0.3) is 5.91 Å². The van der Waals surface area contributed by atoms with Crippen LogP contribution in [0.2, 0.25) is 0 Å². The van der Waals surface area contributed by atoms with Gasteiger partial charge in [0, 0.05) is 11.6 Å². The average molecular weight is 347 g/mol. The van der Waals surface area contributed by atoms with E-state index in [-0.39, 0.29) is 11.9 Å². The van der Waals surface area contributed by atoms with Crippen molar-refractivity contribution in [2.45, 2.75) is 13.0 Å². The first kappa shape index (κ1) is 16.0. The largest absolute Gasteiger partial charge is 0.497 e. The summed E-state index contributed by atoms with van der Waals surface area (Å²) in [6.07, 6.45) is 1.87. The van der Waals surface area contributed by atoms with Gasteiger partial charge in [0.1, 0.15) is 11.4 Å². The Morgan fingerprint density at radius 1 is 1.15 bits per heavy atom. The van der Waals surface area contributed by atoms with Crippen molar-refractivity contribution in [3.8, 4) is 5.75 Å². The van der Waals surface area contributed by atoms with Crippen molar-refractivity contribution in [1.82, 2.24) is 24.9 Å². The first-order chi connectivity index (χ1) is 12.7. The van der Waals surface area contributed by atoms with Crippen molar-refractivity contribution in [3.63, 3.8) is 0 Å². The normalized spacial score (nSPS) is 12.2. The van der Waals surface area contributed by atoms with E-state index < -0.39 is 0 Å². The topological polar surface area (TPSA) is 81.4 Å². The van der Waals surface area contributed by atoms with Gasteiger partial charge in [0.2, 0.25) is 0 Å². The van der Waals surface area contributed by atoms with Crippen LogP contribution < -0.4 is 10.1 Å². The molecule has 0 fully saturated rings. The molecule has 0 aliphatic rings. The maximum atomic E-state index is 12.6. The van der Waals surface area contributed by atoms with Crippen LogP contribution in [0.25, 0.3) is 16.6 Å². The molecule has 0 aliphatic carbocycles. The van der Waals surface area contributed by atoms with E-state index in [1.165, 1.54) is 0 Å². The fraction of sp³-hybridized carbons (Fsp3) is 0.158. The zero-order chi connectivity index (χ0) is 18.1. The number of pyridine rings is 2. The van der Waals surface area contributed by atoms with Crippen molar-refractivity contribution in [1.29, 1.82) is 0 Å². The molecule has 0 unspecified atom stereocenters. The fourth-order valence-corrected chi connectivity index (χ4v) is 2.85. The van der Waals surface area contributed by atoms with Gasteiger partial charge in [-0.05, 0) is 43.3 Å². The number of fused-ring (bicyclic) bond motifs is 2. The molecule has 3 heterocycles. The number of rotatable bonds is 4. The minimum Gasteiger partial charge on any atom is -0.497 e. The molecule has 0 aliphatic heterocycles. The molecule has 4 aromatic rings. The van der Waals surface area contributed by atoms with Crippen molar-refractivity contribution >= 4 is 22.5 Å². The van der Waals surface area contributed by atoms with Gasteiger partial charge in [-0.25, -0.2) is 4.98 Å². The molecule has 3 aromatic heterocycles. The van der Waals surface area contributed by atoms with E-state index in [4.69, 9.17) is 4.74 Å². The summed E-state index contributed by atoms with van der Waals surface area (Å²) in [5.41, 5.74) is 1.82. The predicted molar refractivity (Wildman–Crippen MR) is 97.2 cm³/mol. The van der Waals surface area contributed by atoms with E-state index in [1.807, 2.05) is 60.0 Å². The summed E-state index contributed by atoms with van der Waals surface area (Å²) in [6, 6.07) is 14.4. The van der Waals surface area contributed by atoms with Crippen molar-refractivity contribution < 1.29 is 9.53 Å². The number of hydrogen-bond acceptors (Lipinski definition) is 5. The highest BCUT2D eigenvalue weighted by atomic mass is 16.5. The summed E-state index contributed by atoms with van der Waals surface area (Å²) in [6.45, 7) is 1.87. The number of amides is 1. The number of carbonyl (C=O) groups excluding carboxylic acids is 1. The number of benzene rings is 1. The molecule has 0 spiro atoms. The van der Waals surface area contributed by atoms with Crippen molar-refractivity contribution in [2.24, 2.45) is 0 Å². The maximum absolute atomic E-state index is 12.6. The Morgan fingerprint density at radius 2 is 2.04 bits per heavy atom. The summed E-state index contributed by atoms with van der Waals surface area (Å²) in [4.78, 5) is 17.0. The molecule has 1 atom stereocenters. The molecular formula is C19H17N5O2. The average Bonchev–Trinajstić information content (AvgIpc) is 3.11. The Morgan fingerprint density at radius 3 is 2.88 bits per heavy atom. The van der Waals surface area contributed by atoms with Crippen LogP contribution in [-0.2, 0) is 0 Å². The van der Waals surface area contributed by atoms with Crippen molar-refractivity contribution in [3.05, 3.63) is 66.2 Å². The summed E-state index contributed by atoms with van der Waals surface area (Å²) in [5.74, 6) is 1.16. The molecular weight excluding hydrogens is 330 g/mol. The van der Waals surface area contributed by atoms with Crippen LogP contribution in [0.15, 0.2) is 54.7 Å². The third-order valence-electron chi connectivity index (χ3n) is 4.20. The van der Waals surface area contributed by atoms with Gasteiger partial charge in [0.15, 0.2) is 11.5 Å². The molecule has 1 aromatic carbocycles. The smallest absolute Gasteiger partial charge is 0.270 e. The third kappa shape index (κ3) is 2.83. The minimum atomic E-state index is -0.312. The summed E-state index contributed by atoms with van der Waals surface area (Å²) < 4.78 is 7.06. The standard InChI is InChI=1S/C19H17N5O2/c1-12(18-23-22-17-5-3-4-10-24(17)18)20-19(25)16-8-6-13-11-14(26-2)7-9-15(13)21-16/h3-12H,1-2H3,(H,20,25)/t12-/m0/s1. The monoisotopic (exact) mass is 347 g/mol. The highest BCUT2D eigenvalue weighted by molar-refractivity contribution is 5.95.